The number of benzene rings is 1. The quantitative estimate of drug-likeness (QED) is 0.815. The lowest BCUT2D eigenvalue weighted by Gasteiger charge is -2.39. The number of hydrogen-bond donors (Lipinski definition) is 0. The van der Waals surface area contributed by atoms with Crippen molar-refractivity contribution in [2.75, 3.05) is 0 Å². The molecule has 1 aromatic carbocycles. The van der Waals surface area contributed by atoms with Gasteiger partial charge in [0.25, 0.3) is 5.91 Å². The zero-order valence-electron chi connectivity index (χ0n) is 11.6. The minimum absolute atomic E-state index is 0.0746. The molecule has 19 heavy (non-hydrogen) atoms. The van der Waals surface area contributed by atoms with Crippen molar-refractivity contribution >= 4 is 5.91 Å². The largest absolute Gasteiger partial charge is 0.333 e. The van der Waals surface area contributed by atoms with Gasteiger partial charge in [0.1, 0.15) is 0 Å². The van der Waals surface area contributed by atoms with Gasteiger partial charge in [0.15, 0.2) is 0 Å². The Bertz CT molecular complexity index is 494. The van der Waals surface area contributed by atoms with E-state index in [0.717, 1.165) is 18.4 Å². The predicted octanol–water partition coefficient (Wildman–Crippen LogP) is 3.16. The van der Waals surface area contributed by atoms with Crippen LogP contribution in [0.3, 0.4) is 0 Å². The molecule has 0 spiro atoms. The van der Waals surface area contributed by atoms with Crippen LogP contribution in [0.15, 0.2) is 24.3 Å². The zero-order chi connectivity index (χ0) is 13.8. The minimum Gasteiger partial charge on any atom is -0.333 e. The zero-order valence-corrected chi connectivity index (χ0v) is 11.6. The van der Waals surface area contributed by atoms with Gasteiger partial charge in [-0.15, -0.1) is 0 Å². The number of likely N-dealkylation sites (tertiary alicyclic amines) is 1. The molecule has 0 saturated carbocycles. The van der Waals surface area contributed by atoms with Crippen molar-refractivity contribution in [2.45, 2.75) is 51.6 Å². The molecular weight excluding hydrogens is 236 g/mol. The number of hydrogen-bond acceptors (Lipinski definition) is 2. The molecule has 1 aliphatic heterocycles. The summed E-state index contributed by atoms with van der Waals surface area (Å²) in [6.45, 7) is 4.22. The number of amides is 1. The van der Waals surface area contributed by atoms with Crippen LogP contribution in [0.2, 0.25) is 0 Å². The fourth-order valence-corrected chi connectivity index (χ4v) is 2.93. The molecule has 0 aliphatic carbocycles. The van der Waals surface area contributed by atoms with E-state index in [9.17, 15) is 4.79 Å². The van der Waals surface area contributed by atoms with E-state index >= 15 is 0 Å². The number of piperidine rings is 1. The highest BCUT2D eigenvalue weighted by Crippen LogP contribution is 2.25. The van der Waals surface area contributed by atoms with E-state index < -0.39 is 0 Å². The second-order valence-corrected chi connectivity index (χ2v) is 5.33. The van der Waals surface area contributed by atoms with Gasteiger partial charge in [0.2, 0.25) is 0 Å². The number of nitriles is 1. The first-order chi connectivity index (χ1) is 9.15. The summed E-state index contributed by atoms with van der Waals surface area (Å²) in [5.74, 6) is 0.0746. The highest BCUT2D eigenvalue weighted by atomic mass is 16.2. The molecule has 100 valence electrons. The average molecular weight is 256 g/mol. The highest BCUT2D eigenvalue weighted by Gasteiger charge is 2.30. The predicted molar refractivity (Wildman–Crippen MR) is 74.7 cm³/mol. The molecule has 0 radical (unpaired) electrons. The molecule has 1 aliphatic rings. The molecule has 0 N–H and O–H groups in total. The van der Waals surface area contributed by atoms with Crippen molar-refractivity contribution in [3.05, 3.63) is 35.4 Å². The maximum atomic E-state index is 12.7. The van der Waals surface area contributed by atoms with Gasteiger partial charge >= 0.3 is 0 Å². The fraction of sp³-hybridized carbons (Fsp3) is 0.500. The van der Waals surface area contributed by atoms with E-state index in [0.29, 0.717) is 12.0 Å². The lowest BCUT2D eigenvalue weighted by molar-refractivity contribution is 0.0510. The fourth-order valence-electron chi connectivity index (χ4n) is 2.93. The monoisotopic (exact) mass is 256 g/mol. The molecule has 1 heterocycles. The molecule has 1 saturated heterocycles. The lowest BCUT2D eigenvalue weighted by Crippen LogP contribution is -2.47. The Kier molecular flexibility index (Phi) is 4.21. The van der Waals surface area contributed by atoms with Gasteiger partial charge in [0, 0.05) is 17.6 Å². The maximum Gasteiger partial charge on any atom is 0.254 e. The standard InChI is InChI=1S/C16H20N2O/c1-12-6-5-7-13(2)18(12)16(19)15-9-4-3-8-14(15)10-11-17/h3-4,8-9,12-13H,5-7,10H2,1-2H3. The van der Waals surface area contributed by atoms with Crippen LogP contribution in [0.4, 0.5) is 0 Å². The first-order valence-electron chi connectivity index (χ1n) is 6.92. The summed E-state index contributed by atoms with van der Waals surface area (Å²) in [7, 11) is 0. The third-order valence-corrected chi connectivity index (χ3v) is 3.95. The van der Waals surface area contributed by atoms with E-state index in [4.69, 9.17) is 5.26 Å². The van der Waals surface area contributed by atoms with Crippen LogP contribution >= 0.6 is 0 Å². The van der Waals surface area contributed by atoms with Gasteiger partial charge in [-0.3, -0.25) is 4.79 Å². The summed E-state index contributed by atoms with van der Waals surface area (Å²) in [5.41, 5.74) is 1.52. The van der Waals surface area contributed by atoms with Gasteiger partial charge in [0.05, 0.1) is 12.5 Å². The van der Waals surface area contributed by atoms with Crippen molar-refractivity contribution in [2.24, 2.45) is 0 Å². The van der Waals surface area contributed by atoms with Crippen LogP contribution in [0.1, 0.15) is 49.0 Å². The third kappa shape index (κ3) is 2.78. The maximum absolute atomic E-state index is 12.7. The topological polar surface area (TPSA) is 44.1 Å². The second-order valence-electron chi connectivity index (χ2n) is 5.33. The van der Waals surface area contributed by atoms with E-state index in [1.807, 2.05) is 29.2 Å². The molecule has 3 nitrogen and oxygen atoms in total. The van der Waals surface area contributed by atoms with Crippen molar-refractivity contribution < 1.29 is 4.79 Å². The summed E-state index contributed by atoms with van der Waals surface area (Å²) < 4.78 is 0. The van der Waals surface area contributed by atoms with E-state index in [2.05, 4.69) is 19.9 Å². The Morgan fingerprint density at radius 2 is 1.95 bits per heavy atom. The molecule has 0 bridgehead atoms. The number of nitrogens with zero attached hydrogens (tertiary/aromatic N) is 2. The number of rotatable bonds is 2. The van der Waals surface area contributed by atoms with Crippen LogP contribution in [0.5, 0.6) is 0 Å². The molecule has 0 aromatic heterocycles. The molecular formula is C16H20N2O. The Hall–Kier alpha value is -1.82. The lowest BCUT2D eigenvalue weighted by atomic mass is 9.95. The molecule has 2 rings (SSSR count). The average Bonchev–Trinajstić information content (AvgIpc) is 2.39. The molecule has 2 atom stereocenters. The number of carbonyl (C=O) groups is 1. The van der Waals surface area contributed by atoms with Crippen LogP contribution < -0.4 is 0 Å². The highest BCUT2D eigenvalue weighted by molar-refractivity contribution is 5.96. The Morgan fingerprint density at radius 3 is 2.58 bits per heavy atom. The van der Waals surface area contributed by atoms with Crippen molar-refractivity contribution in [3.8, 4) is 6.07 Å². The first-order valence-corrected chi connectivity index (χ1v) is 6.92. The van der Waals surface area contributed by atoms with Crippen LogP contribution in [0.25, 0.3) is 0 Å². The van der Waals surface area contributed by atoms with Gasteiger partial charge in [-0.1, -0.05) is 18.2 Å². The molecule has 1 fully saturated rings. The van der Waals surface area contributed by atoms with Crippen LogP contribution in [0, 0.1) is 11.3 Å². The Balaban J connectivity index is 2.31. The van der Waals surface area contributed by atoms with Gasteiger partial charge in [-0.2, -0.15) is 5.26 Å². The summed E-state index contributed by atoms with van der Waals surface area (Å²) in [4.78, 5) is 14.7. The number of carbonyl (C=O) groups excluding carboxylic acids is 1. The molecule has 2 unspecified atom stereocenters. The first kappa shape index (κ1) is 13.6. The van der Waals surface area contributed by atoms with Crippen molar-refractivity contribution in [3.63, 3.8) is 0 Å². The summed E-state index contributed by atoms with van der Waals surface area (Å²) in [6.07, 6.45) is 3.61. The van der Waals surface area contributed by atoms with E-state index in [1.54, 1.807) is 0 Å². The second kappa shape index (κ2) is 5.88. The normalized spacial score (nSPS) is 22.9. The molecule has 1 amide bonds. The van der Waals surface area contributed by atoms with Gasteiger partial charge < -0.3 is 4.90 Å². The summed E-state index contributed by atoms with van der Waals surface area (Å²) in [5, 5.41) is 8.87. The van der Waals surface area contributed by atoms with Gasteiger partial charge in [-0.25, -0.2) is 0 Å². The van der Waals surface area contributed by atoms with Crippen molar-refractivity contribution in [1.82, 2.24) is 4.90 Å². The Labute approximate surface area is 114 Å². The van der Waals surface area contributed by atoms with E-state index in [1.165, 1.54) is 6.42 Å². The third-order valence-electron chi connectivity index (χ3n) is 3.95. The molecule has 3 heteroatoms. The van der Waals surface area contributed by atoms with E-state index in [-0.39, 0.29) is 18.0 Å². The SMILES string of the molecule is CC1CCCC(C)N1C(=O)c1ccccc1CC#N. The summed E-state index contributed by atoms with van der Waals surface area (Å²) in [6, 6.07) is 10.2. The summed E-state index contributed by atoms with van der Waals surface area (Å²) >= 11 is 0. The molecule has 1 aromatic rings. The Morgan fingerprint density at radius 1 is 1.32 bits per heavy atom. The van der Waals surface area contributed by atoms with Crippen LogP contribution in [-0.4, -0.2) is 22.9 Å². The van der Waals surface area contributed by atoms with Crippen molar-refractivity contribution in [1.29, 1.82) is 5.26 Å². The smallest absolute Gasteiger partial charge is 0.254 e. The minimum atomic E-state index is 0.0746. The van der Waals surface area contributed by atoms with Gasteiger partial charge in [-0.05, 0) is 44.7 Å². The van der Waals surface area contributed by atoms with Crippen LogP contribution in [-0.2, 0) is 6.42 Å².